The number of nitrogens with zero attached hydrogens (tertiary/aromatic N) is 1. The Morgan fingerprint density at radius 3 is 2.43 bits per heavy atom. The Kier molecular flexibility index (Phi) is 8.86. The maximum absolute atomic E-state index is 4.96. The fourth-order valence-electron chi connectivity index (χ4n) is 0.781. The lowest BCUT2D eigenvalue weighted by Crippen LogP contribution is -1.85. The lowest BCUT2D eigenvalue weighted by molar-refractivity contribution is 0.146. The van der Waals surface area contributed by atoms with E-state index in [1.54, 1.807) is 6.21 Å². The van der Waals surface area contributed by atoms with Crippen LogP contribution < -0.4 is 0 Å². The minimum atomic E-state index is 0.684. The predicted octanol–water partition coefficient (Wildman–Crippen LogP) is 3.47. The molecule has 1 aromatic carbocycles. The third kappa shape index (κ3) is 6.23. The van der Waals surface area contributed by atoms with Crippen LogP contribution in [0.15, 0.2) is 35.5 Å². The molecule has 0 saturated carbocycles. The zero-order valence-corrected chi connectivity index (χ0v) is 9.23. The van der Waals surface area contributed by atoms with Gasteiger partial charge >= 0.3 is 0 Å². The summed E-state index contributed by atoms with van der Waals surface area (Å²) in [5.74, 6) is 0. The Balaban J connectivity index is 0.000000791. The second kappa shape index (κ2) is 9.78. The molecule has 0 aliphatic rings. The van der Waals surface area contributed by atoms with Crippen molar-refractivity contribution in [1.29, 1.82) is 0 Å². The van der Waals surface area contributed by atoms with E-state index in [0.717, 1.165) is 12.0 Å². The van der Waals surface area contributed by atoms with E-state index >= 15 is 0 Å². The quantitative estimate of drug-likeness (QED) is 0.407. The molecule has 0 fully saturated rings. The molecule has 0 aromatic heterocycles. The number of oxime groups is 1. The van der Waals surface area contributed by atoms with Gasteiger partial charge in [-0.05, 0) is 12.0 Å². The van der Waals surface area contributed by atoms with Crippen LogP contribution in [0.1, 0.15) is 32.8 Å². The summed E-state index contributed by atoms with van der Waals surface area (Å²) in [6, 6.07) is 9.89. The zero-order chi connectivity index (χ0) is 10.6. The molecule has 0 bridgehead atoms. The molecule has 0 radical (unpaired) electrons. The summed E-state index contributed by atoms with van der Waals surface area (Å²) in [6.45, 7) is 6.74. The second-order valence-corrected chi connectivity index (χ2v) is 2.48. The number of hydrogen-bond acceptors (Lipinski definition) is 2. The summed E-state index contributed by atoms with van der Waals surface area (Å²) < 4.78 is 0. The monoisotopic (exact) mass is 193 g/mol. The molecule has 1 aromatic rings. The van der Waals surface area contributed by atoms with Gasteiger partial charge in [0.25, 0.3) is 0 Å². The van der Waals surface area contributed by atoms with Crippen LogP contribution in [-0.4, -0.2) is 12.8 Å². The summed E-state index contributed by atoms with van der Waals surface area (Å²) in [5, 5.41) is 3.81. The van der Waals surface area contributed by atoms with Crippen LogP contribution in [0.2, 0.25) is 0 Å². The first kappa shape index (κ1) is 12.7. The van der Waals surface area contributed by atoms with Gasteiger partial charge in [0.15, 0.2) is 0 Å². The van der Waals surface area contributed by atoms with E-state index in [1.165, 1.54) is 0 Å². The van der Waals surface area contributed by atoms with Crippen molar-refractivity contribution in [3.63, 3.8) is 0 Å². The molecule has 0 spiro atoms. The third-order valence-corrected chi connectivity index (χ3v) is 1.37. The van der Waals surface area contributed by atoms with Gasteiger partial charge in [-0.2, -0.15) is 0 Å². The minimum absolute atomic E-state index is 0.684. The highest BCUT2D eigenvalue weighted by Gasteiger charge is 1.82. The Labute approximate surface area is 86.6 Å². The van der Waals surface area contributed by atoms with E-state index in [-0.39, 0.29) is 0 Å². The smallest absolute Gasteiger partial charge is 0.116 e. The first-order chi connectivity index (χ1) is 6.93. The van der Waals surface area contributed by atoms with Crippen LogP contribution in [0.3, 0.4) is 0 Å². The largest absolute Gasteiger partial charge is 0.396 e. The molecule has 0 aliphatic heterocycles. The molecule has 0 heterocycles. The molecule has 2 nitrogen and oxygen atoms in total. The van der Waals surface area contributed by atoms with Crippen LogP contribution in [0, 0.1) is 0 Å². The third-order valence-electron chi connectivity index (χ3n) is 1.37. The van der Waals surface area contributed by atoms with E-state index in [4.69, 9.17) is 4.84 Å². The molecule has 0 saturated heterocycles. The maximum atomic E-state index is 4.96. The van der Waals surface area contributed by atoms with E-state index in [1.807, 2.05) is 44.2 Å². The average Bonchev–Trinajstić information content (AvgIpc) is 2.29. The fourth-order valence-corrected chi connectivity index (χ4v) is 0.781. The van der Waals surface area contributed by atoms with E-state index in [0.29, 0.717) is 6.61 Å². The summed E-state index contributed by atoms with van der Waals surface area (Å²) in [5.41, 5.74) is 1.06. The minimum Gasteiger partial charge on any atom is -0.396 e. The highest BCUT2D eigenvalue weighted by atomic mass is 16.6. The molecule has 0 aliphatic carbocycles. The fraction of sp³-hybridized carbons (Fsp3) is 0.417. The second-order valence-electron chi connectivity index (χ2n) is 2.48. The van der Waals surface area contributed by atoms with Crippen molar-refractivity contribution in [3.05, 3.63) is 35.9 Å². The van der Waals surface area contributed by atoms with Crippen LogP contribution in [0.5, 0.6) is 0 Å². The molecule has 0 unspecified atom stereocenters. The lowest BCUT2D eigenvalue weighted by Gasteiger charge is -1.93. The molecular formula is C12H19NO. The van der Waals surface area contributed by atoms with Gasteiger partial charge in [0.1, 0.15) is 6.61 Å². The first-order valence-electron chi connectivity index (χ1n) is 5.14. The standard InChI is InChI=1S/C10H13NO.C2H6/c1-2-8-12-11-9-10-6-4-3-5-7-10;1-2/h3-7,9H,2,8H2,1H3;1-2H3/b11-9+;. The highest BCUT2D eigenvalue weighted by molar-refractivity contribution is 5.78. The van der Waals surface area contributed by atoms with Crippen molar-refractivity contribution >= 4 is 6.21 Å². The molecule has 78 valence electrons. The zero-order valence-electron chi connectivity index (χ0n) is 9.23. The summed E-state index contributed by atoms with van der Waals surface area (Å²) >= 11 is 0. The summed E-state index contributed by atoms with van der Waals surface area (Å²) in [7, 11) is 0. The lowest BCUT2D eigenvalue weighted by atomic mass is 10.2. The van der Waals surface area contributed by atoms with Gasteiger partial charge in [-0.25, -0.2) is 0 Å². The molecule has 0 amide bonds. The molecule has 14 heavy (non-hydrogen) atoms. The average molecular weight is 193 g/mol. The molecule has 2 heteroatoms. The van der Waals surface area contributed by atoms with Gasteiger partial charge in [-0.3, -0.25) is 0 Å². The maximum Gasteiger partial charge on any atom is 0.116 e. The van der Waals surface area contributed by atoms with Crippen molar-refractivity contribution in [2.24, 2.45) is 5.16 Å². The number of hydrogen-bond donors (Lipinski definition) is 0. The van der Waals surface area contributed by atoms with Crippen LogP contribution in [0.25, 0.3) is 0 Å². The highest BCUT2D eigenvalue weighted by Crippen LogP contribution is 1.94. The van der Waals surface area contributed by atoms with E-state index in [2.05, 4.69) is 12.1 Å². The molecular weight excluding hydrogens is 174 g/mol. The SMILES string of the molecule is CC.CCCO/N=C/c1ccccc1. The van der Waals surface area contributed by atoms with Gasteiger partial charge in [-0.1, -0.05) is 56.3 Å². The van der Waals surface area contributed by atoms with E-state index in [9.17, 15) is 0 Å². The van der Waals surface area contributed by atoms with Crippen LogP contribution >= 0.6 is 0 Å². The van der Waals surface area contributed by atoms with Crippen LogP contribution in [0.4, 0.5) is 0 Å². The van der Waals surface area contributed by atoms with Gasteiger partial charge in [0.2, 0.25) is 0 Å². The van der Waals surface area contributed by atoms with Crippen molar-refractivity contribution in [1.82, 2.24) is 0 Å². The van der Waals surface area contributed by atoms with Gasteiger partial charge in [0.05, 0.1) is 6.21 Å². The molecule has 0 atom stereocenters. The summed E-state index contributed by atoms with van der Waals surface area (Å²) in [6.07, 6.45) is 2.71. The van der Waals surface area contributed by atoms with Gasteiger partial charge < -0.3 is 4.84 Å². The predicted molar refractivity (Wildman–Crippen MR) is 61.6 cm³/mol. The molecule has 1 rings (SSSR count). The Hall–Kier alpha value is -1.31. The summed E-state index contributed by atoms with van der Waals surface area (Å²) in [4.78, 5) is 4.96. The molecule has 0 N–H and O–H groups in total. The van der Waals surface area contributed by atoms with Gasteiger partial charge in [-0.15, -0.1) is 0 Å². The van der Waals surface area contributed by atoms with Gasteiger partial charge in [0, 0.05) is 0 Å². The van der Waals surface area contributed by atoms with Crippen molar-refractivity contribution in [3.8, 4) is 0 Å². The normalized spacial score (nSPS) is 9.36. The van der Waals surface area contributed by atoms with Crippen LogP contribution in [-0.2, 0) is 4.84 Å². The Bertz CT molecular complexity index is 231. The Morgan fingerprint density at radius 2 is 1.86 bits per heavy atom. The number of benzene rings is 1. The van der Waals surface area contributed by atoms with E-state index < -0.39 is 0 Å². The number of rotatable bonds is 4. The Morgan fingerprint density at radius 1 is 1.21 bits per heavy atom. The topological polar surface area (TPSA) is 21.6 Å². The first-order valence-corrected chi connectivity index (χ1v) is 5.14. The van der Waals surface area contributed by atoms with Crippen molar-refractivity contribution < 1.29 is 4.84 Å². The van der Waals surface area contributed by atoms with Crippen molar-refractivity contribution in [2.45, 2.75) is 27.2 Å². The van der Waals surface area contributed by atoms with Crippen molar-refractivity contribution in [2.75, 3.05) is 6.61 Å².